The number of hydrogen-bond acceptors (Lipinski definition) is 2. The summed E-state index contributed by atoms with van der Waals surface area (Å²) in [6.07, 6.45) is 0. The molecule has 0 fully saturated rings. The van der Waals surface area contributed by atoms with E-state index in [2.05, 4.69) is 10.2 Å². The minimum atomic E-state index is -0.815. The molecule has 0 saturated heterocycles. The van der Waals surface area contributed by atoms with E-state index in [1.54, 1.807) is 24.3 Å². The van der Waals surface area contributed by atoms with Gasteiger partial charge in [0.05, 0.1) is 5.69 Å². The molecule has 4 nitrogen and oxygen atoms in total. The molecule has 0 spiro atoms. The molecule has 12 heavy (non-hydrogen) atoms. The summed E-state index contributed by atoms with van der Waals surface area (Å²) < 4.78 is 0. The predicted octanol–water partition coefficient (Wildman–Crippen LogP) is 2.50. The first-order valence-corrected chi connectivity index (χ1v) is 3.53. The Hall–Kier alpha value is -1.42. The number of primary amides is 1. The summed E-state index contributed by atoms with van der Waals surface area (Å²) in [5, 5.41) is 7.29. The number of halogens is 1. The van der Waals surface area contributed by atoms with E-state index < -0.39 is 6.03 Å². The number of carbonyl (C=O) groups is 1. The molecule has 0 aliphatic rings. The number of nitrogens with two attached hydrogens (primary N) is 1. The van der Waals surface area contributed by atoms with Crippen LogP contribution in [0, 0.1) is 0 Å². The molecule has 5 heteroatoms. The van der Waals surface area contributed by atoms with Crippen LogP contribution in [0.5, 0.6) is 0 Å². The summed E-state index contributed by atoms with van der Waals surface area (Å²) >= 11 is 5.61. The first-order valence-electron chi connectivity index (χ1n) is 3.15. The van der Waals surface area contributed by atoms with E-state index >= 15 is 0 Å². The van der Waals surface area contributed by atoms with Crippen LogP contribution in [0.25, 0.3) is 0 Å². The highest BCUT2D eigenvalue weighted by atomic mass is 35.5. The van der Waals surface area contributed by atoms with E-state index in [9.17, 15) is 4.79 Å². The maximum absolute atomic E-state index is 10.2. The average Bonchev–Trinajstić information content (AvgIpc) is 2.03. The molecule has 0 saturated carbocycles. The number of azo groups is 1. The fourth-order valence-corrected chi connectivity index (χ4v) is 0.741. The van der Waals surface area contributed by atoms with Crippen molar-refractivity contribution in [1.82, 2.24) is 0 Å². The van der Waals surface area contributed by atoms with Crippen molar-refractivity contribution in [3.05, 3.63) is 29.3 Å². The molecule has 0 bridgehead atoms. The Morgan fingerprint density at radius 1 is 1.33 bits per heavy atom. The van der Waals surface area contributed by atoms with Crippen LogP contribution < -0.4 is 5.73 Å². The molecule has 0 aromatic heterocycles. The van der Waals surface area contributed by atoms with Gasteiger partial charge in [-0.1, -0.05) is 16.7 Å². The summed E-state index contributed by atoms with van der Waals surface area (Å²) in [7, 11) is 0. The van der Waals surface area contributed by atoms with E-state index in [0.29, 0.717) is 10.7 Å². The van der Waals surface area contributed by atoms with Gasteiger partial charge in [0.25, 0.3) is 0 Å². The maximum atomic E-state index is 10.2. The normalized spacial score (nSPS) is 10.4. The number of carbonyl (C=O) groups excluding carboxylic acids is 1. The second-order valence-electron chi connectivity index (χ2n) is 2.01. The summed E-state index contributed by atoms with van der Waals surface area (Å²) in [6, 6.07) is 5.75. The van der Waals surface area contributed by atoms with Crippen LogP contribution in [0.3, 0.4) is 0 Å². The van der Waals surface area contributed by atoms with Crippen LogP contribution in [0.2, 0.25) is 5.02 Å². The number of rotatable bonds is 1. The van der Waals surface area contributed by atoms with Crippen molar-refractivity contribution >= 4 is 23.3 Å². The molecule has 2 amide bonds. The lowest BCUT2D eigenvalue weighted by Crippen LogP contribution is -2.01. The molecule has 1 rings (SSSR count). The zero-order valence-electron chi connectivity index (χ0n) is 6.07. The number of amides is 2. The number of urea groups is 1. The maximum Gasteiger partial charge on any atom is 0.356 e. The smallest absolute Gasteiger partial charge is 0.348 e. The standard InChI is InChI=1S/C7H6ClN3O/c8-5-1-3-6(4-2-5)10-11-7(9)12/h1-4H,(H2,9,12). The molecule has 0 heterocycles. The minimum absolute atomic E-state index is 0.540. The second-order valence-corrected chi connectivity index (χ2v) is 2.45. The number of hydrogen-bond donors (Lipinski definition) is 1. The molecule has 0 aliphatic carbocycles. The van der Waals surface area contributed by atoms with Gasteiger partial charge in [-0.25, -0.2) is 4.79 Å². The Bertz CT molecular complexity index is 307. The molecule has 2 N–H and O–H groups in total. The summed E-state index contributed by atoms with van der Waals surface area (Å²) in [5.74, 6) is 0. The van der Waals surface area contributed by atoms with Crippen molar-refractivity contribution in [2.45, 2.75) is 0 Å². The molecule has 1 aromatic rings. The van der Waals surface area contributed by atoms with Crippen LogP contribution in [-0.2, 0) is 0 Å². The van der Waals surface area contributed by atoms with Gasteiger partial charge in [-0.2, -0.15) is 0 Å². The van der Waals surface area contributed by atoms with Gasteiger partial charge in [0.1, 0.15) is 0 Å². The van der Waals surface area contributed by atoms with E-state index in [4.69, 9.17) is 17.3 Å². The van der Waals surface area contributed by atoms with Crippen LogP contribution >= 0.6 is 11.6 Å². The monoisotopic (exact) mass is 183 g/mol. The van der Waals surface area contributed by atoms with Crippen molar-refractivity contribution in [2.75, 3.05) is 0 Å². The number of nitrogens with zero attached hydrogens (tertiary/aromatic N) is 2. The fraction of sp³-hybridized carbons (Fsp3) is 0. The third kappa shape index (κ3) is 2.67. The molecule has 0 aliphatic heterocycles. The van der Waals surface area contributed by atoms with Crippen molar-refractivity contribution in [3.8, 4) is 0 Å². The molecule has 62 valence electrons. The van der Waals surface area contributed by atoms with Gasteiger partial charge in [0.2, 0.25) is 0 Å². The second kappa shape index (κ2) is 3.82. The highest BCUT2D eigenvalue weighted by Crippen LogP contribution is 2.16. The third-order valence-electron chi connectivity index (χ3n) is 1.09. The quantitative estimate of drug-likeness (QED) is 0.668. The van der Waals surface area contributed by atoms with Gasteiger partial charge >= 0.3 is 6.03 Å². The van der Waals surface area contributed by atoms with Crippen molar-refractivity contribution < 1.29 is 4.79 Å². The topological polar surface area (TPSA) is 67.8 Å². The molecular formula is C7H6ClN3O. The molecule has 0 atom stereocenters. The Labute approximate surface area is 74.0 Å². The lowest BCUT2D eigenvalue weighted by Gasteiger charge is -1.90. The molecule has 1 aromatic carbocycles. The lowest BCUT2D eigenvalue weighted by atomic mass is 10.3. The summed E-state index contributed by atoms with van der Waals surface area (Å²) in [4.78, 5) is 10.2. The SMILES string of the molecule is NC(=O)N=Nc1ccc(Cl)cc1. The first kappa shape index (κ1) is 8.67. The van der Waals surface area contributed by atoms with Crippen LogP contribution in [0.4, 0.5) is 10.5 Å². The Morgan fingerprint density at radius 2 is 1.92 bits per heavy atom. The molecule has 0 radical (unpaired) electrons. The largest absolute Gasteiger partial charge is 0.356 e. The predicted molar refractivity (Wildman–Crippen MR) is 45.6 cm³/mol. The van der Waals surface area contributed by atoms with Crippen LogP contribution in [0.15, 0.2) is 34.5 Å². The minimum Gasteiger partial charge on any atom is -0.348 e. The molecular weight excluding hydrogens is 178 g/mol. The van der Waals surface area contributed by atoms with Gasteiger partial charge in [-0.05, 0) is 24.3 Å². The van der Waals surface area contributed by atoms with E-state index in [1.165, 1.54) is 0 Å². The number of benzene rings is 1. The summed E-state index contributed by atoms with van der Waals surface area (Å²) in [6.45, 7) is 0. The summed E-state index contributed by atoms with van der Waals surface area (Å²) in [5.41, 5.74) is 5.28. The van der Waals surface area contributed by atoms with Crippen molar-refractivity contribution in [1.29, 1.82) is 0 Å². The van der Waals surface area contributed by atoms with Gasteiger partial charge < -0.3 is 5.73 Å². The van der Waals surface area contributed by atoms with E-state index in [1.807, 2.05) is 0 Å². The van der Waals surface area contributed by atoms with Gasteiger partial charge in [-0.15, -0.1) is 5.11 Å². The molecule has 0 unspecified atom stereocenters. The Kier molecular flexibility index (Phi) is 2.76. The highest BCUT2D eigenvalue weighted by Gasteiger charge is 1.90. The van der Waals surface area contributed by atoms with Crippen LogP contribution in [-0.4, -0.2) is 6.03 Å². The first-order chi connectivity index (χ1) is 5.68. The van der Waals surface area contributed by atoms with Crippen molar-refractivity contribution in [2.24, 2.45) is 16.0 Å². The van der Waals surface area contributed by atoms with Crippen LogP contribution in [0.1, 0.15) is 0 Å². The van der Waals surface area contributed by atoms with Gasteiger partial charge in [0, 0.05) is 5.02 Å². The Morgan fingerprint density at radius 3 is 2.42 bits per heavy atom. The zero-order chi connectivity index (χ0) is 8.97. The zero-order valence-corrected chi connectivity index (χ0v) is 6.82. The Balaban J connectivity index is 2.77. The average molecular weight is 184 g/mol. The fourth-order valence-electron chi connectivity index (χ4n) is 0.615. The van der Waals surface area contributed by atoms with Gasteiger partial charge in [0.15, 0.2) is 0 Å². The van der Waals surface area contributed by atoms with E-state index in [0.717, 1.165) is 0 Å². The lowest BCUT2D eigenvalue weighted by molar-refractivity contribution is 0.255. The van der Waals surface area contributed by atoms with E-state index in [-0.39, 0.29) is 0 Å². The third-order valence-corrected chi connectivity index (χ3v) is 1.34. The van der Waals surface area contributed by atoms with Crippen molar-refractivity contribution in [3.63, 3.8) is 0 Å². The van der Waals surface area contributed by atoms with Gasteiger partial charge in [-0.3, -0.25) is 0 Å². The highest BCUT2D eigenvalue weighted by molar-refractivity contribution is 6.30.